The van der Waals surface area contributed by atoms with Gasteiger partial charge >= 0.3 is 12.1 Å². The van der Waals surface area contributed by atoms with Crippen molar-refractivity contribution >= 4 is 18.0 Å². The highest BCUT2D eigenvalue weighted by molar-refractivity contribution is 5.91. The van der Waals surface area contributed by atoms with Crippen LogP contribution in [0.4, 0.5) is 4.79 Å². The van der Waals surface area contributed by atoms with Crippen molar-refractivity contribution in [3.05, 3.63) is 59.7 Å². The van der Waals surface area contributed by atoms with E-state index in [9.17, 15) is 19.5 Å². The quantitative estimate of drug-likeness (QED) is 0.536. The van der Waals surface area contributed by atoms with Crippen LogP contribution < -0.4 is 10.6 Å². The van der Waals surface area contributed by atoms with Crippen molar-refractivity contribution in [3.63, 3.8) is 0 Å². The second-order valence-electron chi connectivity index (χ2n) is 8.75. The van der Waals surface area contributed by atoms with Crippen LogP contribution in [-0.4, -0.2) is 55.0 Å². The van der Waals surface area contributed by atoms with E-state index < -0.39 is 29.6 Å². The number of amides is 2. The number of carbonyl (C=O) groups is 3. The number of aliphatic carboxylic acids is 1. The van der Waals surface area contributed by atoms with Crippen LogP contribution in [0, 0.1) is 5.92 Å². The van der Waals surface area contributed by atoms with Crippen molar-refractivity contribution in [2.75, 3.05) is 20.3 Å². The highest BCUT2D eigenvalue weighted by atomic mass is 16.5. The number of rotatable bonds is 9. The van der Waals surface area contributed by atoms with Gasteiger partial charge in [0, 0.05) is 13.0 Å². The summed E-state index contributed by atoms with van der Waals surface area (Å²) in [7, 11) is 1.35. The summed E-state index contributed by atoms with van der Waals surface area (Å²) in [6, 6.07) is 15.0. The van der Waals surface area contributed by atoms with Gasteiger partial charge in [0.1, 0.15) is 12.6 Å². The van der Waals surface area contributed by atoms with Gasteiger partial charge in [-0.2, -0.15) is 0 Å². The smallest absolute Gasteiger partial charge is 0.407 e. The molecule has 33 heavy (non-hydrogen) atoms. The molecule has 0 heterocycles. The minimum Gasteiger partial charge on any atom is -0.479 e. The summed E-state index contributed by atoms with van der Waals surface area (Å²) >= 11 is 0. The Kier molecular flexibility index (Phi) is 7.38. The first-order valence-electron chi connectivity index (χ1n) is 10.8. The van der Waals surface area contributed by atoms with E-state index in [1.807, 2.05) is 48.5 Å². The number of nitrogens with one attached hydrogen (secondary N) is 2. The lowest BCUT2D eigenvalue weighted by Gasteiger charge is -2.29. The van der Waals surface area contributed by atoms with Gasteiger partial charge < -0.3 is 25.2 Å². The van der Waals surface area contributed by atoms with E-state index in [2.05, 4.69) is 10.6 Å². The Bertz CT molecular complexity index is 992. The topological polar surface area (TPSA) is 114 Å². The lowest BCUT2D eigenvalue weighted by Crippen LogP contribution is -2.61. The second-order valence-corrected chi connectivity index (χ2v) is 8.75. The molecule has 2 aromatic carbocycles. The van der Waals surface area contributed by atoms with Crippen LogP contribution in [0.25, 0.3) is 11.1 Å². The third-order valence-electron chi connectivity index (χ3n) is 5.87. The van der Waals surface area contributed by atoms with Gasteiger partial charge in [0.25, 0.3) is 0 Å². The first-order chi connectivity index (χ1) is 15.7. The van der Waals surface area contributed by atoms with Crippen LogP contribution in [0.5, 0.6) is 0 Å². The first-order valence-corrected chi connectivity index (χ1v) is 10.8. The van der Waals surface area contributed by atoms with Gasteiger partial charge in [0.05, 0.1) is 6.61 Å². The second kappa shape index (κ2) is 10.0. The fourth-order valence-corrected chi connectivity index (χ4v) is 4.09. The lowest BCUT2D eigenvalue weighted by molar-refractivity contribution is -0.149. The Balaban J connectivity index is 1.68. The fourth-order valence-electron chi connectivity index (χ4n) is 4.09. The zero-order valence-corrected chi connectivity index (χ0v) is 19.3. The highest BCUT2D eigenvalue weighted by Crippen LogP contribution is 2.44. The van der Waals surface area contributed by atoms with E-state index >= 15 is 0 Å². The number of ether oxygens (including phenoxy) is 2. The number of carboxylic acids is 1. The molecule has 2 aromatic rings. The molecule has 8 heteroatoms. The maximum atomic E-state index is 12.8. The van der Waals surface area contributed by atoms with Gasteiger partial charge in [-0.3, -0.25) is 4.79 Å². The van der Waals surface area contributed by atoms with Gasteiger partial charge in [-0.15, -0.1) is 0 Å². The summed E-state index contributed by atoms with van der Waals surface area (Å²) in [5.41, 5.74) is 2.78. The summed E-state index contributed by atoms with van der Waals surface area (Å²) in [4.78, 5) is 37.0. The minimum absolute atomic E-state index is 0.105. The number of hydrogen-bond acceptors (Lipinski definition) is 5. The maximum absolute atomic E-state index is 12.8. The molecule has 0 aliphatic heterocycles. The van der Waals surface area contributed by atoms with Gasteiger partial charge in [0.15, 0.2) is 5.54 Å². The Morgan fingerprint density at radius 2 is 1.58 bits per heavy atom. The van der Waals surface area contributed by atoms with Gasteiger partial charge in [0.2, 0.25) is 5.91 Å². The highest BCUT2D eigenvalue weighted by Gasteiger charge is 2.38. The summed E-state index contributed by atoms with van der Waals surface area (Å²) < 4.78 is 10.5. The number of benzene rings is 2. The number of carboxylic acid groups (broad SMARTS) is 1. The van der Waals surface area contributed by atoms with Crippen molar-refractivity contribution in [2.45, 2.75) is 38.3 Å². The van der Waals surface area contributed by atoms with Crippen LogP contribution >= 0.6 is 0 Å². The average Bonchev–Trinajstić information content (AvgIpc) is 3.09. The Labute approximate surface area is 193 Å². The molecule has 176 valence electrons. The summed E-state index contributed by atoms with van der Waals surface area (Å²) in [5, 5.41) is 14.5. The van der Waals surface area contributed by atoms with Crippen LogP contribution in [-0.2, 0) is 19.1 Å². The van der Waals surface area contributed by atoms with Gasteiger partial charge in [-0.25, -0.2) is 9.59 Å². The molecule has 0 bridgehead atoms. The molecule has 0 saturated heterocycles. The molecule has 2 amide bonds. The largest absolute Gasteiger partial charge is 0.479 e. The van der Waals surface area contributed by atoms with E-state index in [4.69, 9.17) is 9.47 Å². The Morgan fingerprint density at radius 1 is 1.03 bits per heavy atom. The molecular formula is C25H30N2O6. The molecule has 0 spiro atoms. The van der Waals surface area contributed by atoms with Crippen molar-refractivity contribution in [1.29, 1.82) is 0 Å². The Morgan fingerprint density at radius 3 is 2.06 bits per heavy atom. The van der Waals surface area contributed by atoms with E-state index in [-0.39, 0.29) is 25.0 Å². The third-order valence-corrected chi connectivity index (χ3v) is 5.87. The monoisotopic (exact) mass is 454 g/mol. The molecule has 8 nitrogen and oxygen atoms in total. The summed E-state index contributed by atoms with van der Waals surface area (Å²) in [6.07, 6.45) is -0.741. The number of fused-ring (bicyclic) bond motifs is 3. The lowest BCUT2D eigenvalue weighted by atomic mass is 9.98. The van der Waals surface area contributed by atoms with Crippen molar-refractivity contribution in [2.24, 2.45) is 5.92 Å². The molecule has 0 fully saturated rings. The standard InChI is InChI=1S/C25H30N2O6/c1-15(2)21(22(28)27-25(3,14-32-4)23(29)30)26-24(31)33-13-20-18-11-7-5-9-16(18)17-10-6-8-12-19(17)20/h5-12,15,20-21H,13-14H2,1-4H3,(H,26,31)(H,27,28)(H,29,30)/t21-,25?/m1/s1. The normalized spacial score (nSPS) is 15.2. The number of methoxy groups -OCH3 is 1. The van der Waals surface area contributed by atoms with Crippen molar-refractivity contribution in [3.8, 4) is 11.1 Å². The SMILES string of the molecule is COCC(C)(NC(=O)[C@H](NC(=O)OCC1c2ccccc2-c2ccccc21)C(C)C)C(=O)O. The molecule has 3 rings (SSSR count). The maximum Gasteiger partial charge on any atom is 0.407 e. The van der Waals surface area contributed by atoms with Crippen LogP contribution in [0.15, 0.2) is 48.5 Å². The molecule has 1 aliphatic carbocycles. The van der Waals surface area contributed by atoms with Crippen molar-refractivity contribution in [1.82, 2.24) is 10.6 Å². The average molecular weight is 455 g/mol. The van der Waals surface area contributed by atoms with Crippen molar-refractivity contribution < 1.29 is 29.0 Å². The number of alkyl carbamates (subject to hydrolysis) is 1. The molecule has 2 atom stereocenters. The number of hydrogen-bond donors (Lipinski definition) is 3. The zero-order chi connectivity index (χ0) is 24.2. The molecule has 0 saturated carbocycles. The number of carbonyl (C=O) groups excluding carboxylic acids is 2. The van der Waals surface area contributed by atoms with Gasteiger partial charge in [-0.05, 0) is 35.1 Å². The fraction of sp³-hybridized carbons (Fsp3) is 0.400. The van der Waals surface area contributed by atoms with Crippen LogP contribution in [0.2, 0.25) is 0 Å². The van der Waals surface area contributed by atoms with E-state index in [1.54, 1.807) is 13.8 Å². The summed E-state index contributed by atoms with van der Waals surface area (Å²) in [6.45, 7) is 4.75. The molecule has 1 unspecified atom stereocenters. The zero-order valence-electron chi connectivity index (χ0n) is 19.3. The third kappa shape index (κ3) is 5.17. The summed E-state index contributed by atoms with van der Waals surface area (Å²) in [5.74, 6) is -2.26. The molecule has 3 N–H and O–H groups in total. The van der Waals surface area contributed by atoms with Crippen LogP contribution in [0.3, 0.4) is 0 Å². The van der Waals surface area contributed by atoms with E-state index in [0.29, 0.717) is 0 Å². The predicted octanol–water partition coefficient (Wildman–Crippen LogP) is 3.16. The van der Waals surface area contributed by atoms with Gasteiger partial charge in [-0.1, -0.05) is 62.4 Å². The molecule has 1 aliphatic rings. The minimum atomic E-state index is -1.62. The van der Waals surface area contributed by atoms with E-state index in [1.165, 1.54) is 14.0 Å². The molecule has 0 radical (unpaired) electrons. The first kappa shape index (κ1) is 24.3. The molecular weight excluding hydrogens is 424 g/mol. The van der Waals surface area contributed by atoms with Crippen LogP contribution in [0.1, 0.15) is 37.8 Å². The predicted molar refractivity (Wildman–Crippen MR) is 123 cm³/mol. The van der Waals surface area contributed by atoms with E-state index in [0.717, 1.165) is 22.3 Å². The Hall–Kier alpha value is -3.39. The molecule has 0 aromatic heterocycles.